The van der Waals surface area contributed by atoms with Crippen molar-refractivity contribution in [2.75, 3.05) is 25.7 Å². The van der Waals surface area contributed by atoms with Gasteiger partial charge in [-0.3, -0.25) is 0 Å². The summed E-state index contributed by atoms with van der Waals surface area (Å²) in [5, 5.41) is 20.8. The van der Waals surface area contributed by atoms with Crippen molar-refractivity contribution in [2.45, 2.75) is 36.8 Å². The van der Waals surface area contributed by atoms with Crippen LogP contribution in [0.2, 0.25) is 0 Å². The third-order valence-electron chi connectivity index (χ3n) is 5.68. The number of methoxy groups -OCH3 is 2. The average molecular weight is 431 g/mol. The van der Waals surface area contributed by atoms with Crippen LogP contribution in [0.1, 0.15) is 38.2 Å². The zero-order valence-corrected chi connectivity index (χ0v) is 18.8. The normalized spacial score (nSPS) is 28.6. The molecule has 8 heteroatoms. The predicted molar refractivity (Wildman–Crippen MR) is 118 cm³/mol. The minimum absolute atomic E-state index is 0.253. The van der Waals surface area contributed by atoms with Crippen LogP contribution in [-0.2, 0) is 0 Å². The van der Waals surface area contributed by atoms with Gasteiger partial charge in [-0.2, -0.15) is 10.5 Å². The molecule has 3 rings (SSSR count). The number of nitriles is 2. The number of hydrogen-bond donors (Lipinski definition) is 1. The minimum Gasteiger partial charge on any atom is -0.497 e. The smallest absolute Gasteiger partial charge is 0.175 e. The fraction of sp³-hybridized carbons (Fsp3) is 0.571. The second kappa shape index (κ2) is 8.01. The van der Waals surface area contributed by atoms with E-state index < -0.39 is 21.0 Å². The Bertz CT molecular complexity index is 899. The number of nitrogens with zero attached hydrogens (tertiary/aromatic N) is 3. The van der Waals surface area contributed by atoms with Gasteiger partial charge in [-0.15, -0.1) is 23.5 Å². The molecule has 1 aromatic rings. The topological polar surface area (TPSA) is 104 Å². The number of thioether (sulfide) groups is 2. The first-order valence-corrected chi connectivity index (χ1v) is 11.6. The maximum atomic E-state index is 10.5. The van der Waals surface area contributed by atoms with Crippen LogP contribution < -0.4 is 15.2 Å². The highest BCUT2D eigenvalue weighted by atomic mass is 32.2. The Morgan fingerprint density at radius 2 is 1.76 bits per heavy atom. The average Bonchev–Trinajstić information content (AvgIpc) is 3.33. The maximum Gasteiger partial charge on any atom is 0.175 e. The van der Waals surface area contributed by atoms with Gasteiger partial charge >= 0.3 is 0 Å². The first-order valence-electron chi connectivity index (χ1n) is 9.66. The first-order chi connectivity index (χ1) is 14.0. The number of aliphatic imine (C=N–C) groups is 1. The van der Waals surface area contributed by atoms with Crippen LogP contribution >= 0.6 is 23.5 Å². The molecular weight excluding hydrogens is 404 g/mol. The van der Waals surface area contributed by atoms with E-state index >= 15 is 0 Å². The molecule has 0 spiro atoms. The Kier molecular flexibility index (Phi) is 5.98. The van der Waals surface area contributed by atoms with Crippen molar-refractivity contribution in [3.05, 3.63) is 23.8 Å². The van der Waals surface area contributed by atoms with E-state index in [0.717, 1.165) is 29.9 Å². The fourth-order valence-electron chi connectivity index (χ4n) is 4.37. The predicted octanol–water partition coefficient (Wildman–Crippen LogP) is 4.13. The summed E-state index contributed by atoms with van der Waals surface area (Å²) in [6, 6.07) is 10.4. The van der Waals surface area contributed by atoms with Crippen molar-refractivity contribution in [1.29, 1.82) is 10.5 Å². The van der Waals surface area contributed by atoms with Crippen LogP contribution in [0.3, 0.4) is 0 Å². The van der Waals surface area contributed by atoms with Crippen molar-refractivity contribution >= 4 is 29.4 Å². The van der Waals surface area contributed by atoms with E-state index in [4.69, 9.17) is 20.2 Å². The number of hydrogen-bond acceptors (Lipinski definition) is 8. The summed E-state index contributed by atoms with van der Waals surface area (Å²) in [5.74, 6) is 2.76. The van der Waals surface area contributed by atoms with Crippen LogP contribution in [0.25, 0.3) is 0 Å². The van der Waals surface area contributed by atoms with Crippen LogP contribution in [0.5, 0.6) is 11.5 Å². The zero-order valence-electron chi connectivity index (χ0n) is 17.2. The SMILES string of the molecule is CCCSC1(SCCC)N=C(N)C2(C#N)C(c3cc(OC)ccc3OC)C12C#N. The molecule has 3 unspecified atom stereocenters. The van der Waals surface area contributed by atoms with Gasteiger partial charge in [-0.25, -0.2) is 4.99 Å². The van der Waals surface area contributed by atoms with Gasteiger partial charge in [0.05, 0.1) is 26.4 Å². The van der Waals surface area contributed by atoms with Crippen molar-refractivity contribution in [3.8, 4) is 23.6 Å². The Balaban J connectivity index is 2.23. The summed E-state index contributed by atoms with van der Waals surface area (Å²) in [4.78, 5) is 4.79. The molecule has 29 heavy (non-hydrogen) atoms. The summed E-state index contributed by atoms with van der Waals surface area (Å²) in [6.07, 6.45) is 1.89. The number of nitrogens with two attached hydrogens (primary N) is 1. The lowest BCUT2D eigenvalue weighted by Gasteiger charge is -2.32. The molecule has 0 aromatic heterocycles. The largest absolute Gasteiger partial charge is 0.497 e. The molecule has 1 fully saturated rings. The second-order valence-corrected chi connectivity index (χ2v) is 9.99. The molecule has 1 aromatic carbocycles. The standard InChI is InChI=1S/C21H26N4O2S2/c1-5-9-28-21(29-10-6-2)20(13-23)17(19(20,12-22)18(24)25-21)15-11-14(26-3)7-8-16(15)27-4/h7-8,11,17H,5-6,9-10H2,1-4H3,(H2,24,25). The number of fused-ring (bicyclic) bond motifs is 1. The summed E-state index contributed by atoms with van der Waals surface area (Å²) >= 11 is 3.27. The van der Waals surface area contributed by atoms with E-state index in [1.807, 2.05) is 12.1 Å². The molecule has 2 aliphatic rings. The molecule has 1 heterocycles. The number of ether oxygens (including phenoxy) is 2. The van der Waals surface area contributed by atoms with Crippen molar-refractivity contribution < 1.29 is 9.47 Å². The van der Waals surface area contributed by atoms with Crippen LogP contribution in [0, 0.1) is 33.5 Å². The van der Waals surface area contributed by atoms with Crippen molar-refractivity contribution in [1.82, 2.24) is 0 Å². The Morgan fingerprint density at radius 1 is 1.10 bits per heavy atom. The molecule has 0 radical (unpaired) electrons. The van der Waals surface area contributed by atoms with E-state index in [0.29, 0.717) is 11.5 Å². The lowest BCUT2D eigenvalue weighted by Crippen LogP contribution is -2.32. The second-order valence-electron chi connectivity index (χ2n) is 7.16. The van der Waals surface area contributed by atoms with Crippen molar-refractivity contribution in [2.24, 2.45) is 21.6 Å². The molecule has 0 saturated heterocycles. The van der Waals surface area contributed by atoms with Crippen LogP contribution in [0.15, 0.2) is 23.2 Å². The Morgan fingerprint density at radius 3 is 2.24 bits per heavy atom. The summed E-state index contributed by atoms with van der Waals surface area (Å²) < 4.78 is 10.2. The molecular formula is C21H26N4O2S2. The highest BCUT2D eigenvalue weighted by molar-refractivity contribution is 8.18. The third-order valence-corrected chi connectivity index (χ3v) is 9.22. The number of benzene rings is 1. The molecule has 1 aliphatic heterocycles. The van der Waals surface area contributed by atoms with Gasteiger partial charge in [0.1, 0.15) is 28.2 Å². The molecule has 1 saturated carbocycles. The summed E-state index contributed by atoms with van der Waals surface area (Å²) in [6.45, 7) is 4.19. The van der Waals surface area contributed by atoms with Crippen LogP contribution in [-0.4, -0.2) is 35.8 Å². The van der Waals surface area contributed by atoms with Gasteiger partial charge in [-0.05, 0) is 42.5 Å². The van der Waals surface area contributed by atoms with Gasteiger partial charge < -0.3 is 15.2 Å². The number of rotatable bonds is 9. The minimum atomic E-state index is -1.16. The lowest BCUT2D eigenvalue weighted by atomic mass is 9.97. The molecule has 1 aliphatic carbocycles. The monoisotopic (exact) mass is 430 g/mol. The maximum absolute atomic E-state index is 10.5. The van der Waals surface area contributed by atoms with E-state index in [9.17, 15) is 10.5 Å². The van der Waals surface area contributed by atoms with Gasteiger partial charge in [0.2, 0.25) is 0 Å². The molecule has 6 nitrogen and oxygen atoms in total. The first kappa shape index (κ1) is 21.7. The number of amidine groups is 1. The lowest BCUT2D eigenvalue weighted by molar-refractivity contribution is 0.397. The van der Waals surface area contributed by atoms with E-state index in [-0.39, 0.29) is 5.84 Å². The van der Waals surface area contributed by atoms with E-state index in [2.05, 4.69) is 26.0 Å². The molecule has 2 N–H and O–H groups in total. The highest BCUT2D eigenvalue weighted by Crippen LogP contribution is 2.86. The van der Waals surface area contributed by atoms with Crippen LogP contribution in [0.4, 0.5) is 0 Å². The van der Waals surface area contributed by atoms with Crippen molar-refractivity contribution in [3.63, 3.8) is 0 Å². The van der Waals surface area contributed by atoms with E-state index in [1.165, 1.54) is 0 Å². The third kappa shape index (κ3) is 2.73. The van der Waals surface area contributed by atoms with Gasteiger partial charge in [0.15, 0.2) is 4.20 Å². The van der Waals surface area contributed by atoms with Gasteiger partial charge in [0, 0.05) is 11.5 Å². The quantitative estimate of drug-likeness (QED) is 0.587. The molecule has 154 valence electrons. The summed E-state index contributed by atoms with van der Waals surface area (Å²) in [7, 11) is 3.18. The Hall–Kier alpha value is -2.03. The van der Waals surface area contributed by atoms with E-state index in [1.54, 1.807) is 43.8 Å². The van der Waals surface area contributed by atoms with Gasteiger partial charge in [-0.1, -0.05) is 13.8 Å². The molecule has 0 amide bonds. The van der Waals surface area contributed by atoms with Gasteiger partial charge in [0.25, 0.3) is 0 Å². The zero-order chi connectivity index (χ0) is 21.3. The molecule has 3 atom stereocenters. The summed E-state index contributed by atoms with van der Waals surface area (Å²) in [5.41, 5.74) is 4.96. The highest BCUT2D eigenvalue weighted by Gasteiger charge is 2.92. The fourth-order valence-corrected chi connectivity index (χ4v) is 7.60. The molecule has 0 bridgehead atoms. The Labute approximate surface area is 180 Å².